The molecule has 1 atom stereocenters. The van der Waals surface area contributed by atoms with Crippen molar-refractivity contribution < 1.29 is 14.7 Å². The molecule has 0 aliphatic carbocycles. The number of carbonyl (C=O) groups excluding carboxylic acids is 1. The lowest BCUT2D eigenvalue weighted by Crippen LogP contribution is -2.39. The van der Waals surface area contributed by atoms with Gasteiger partial charge in [0.1, 0.15) is 0 Å². The van der Waals surface area contributed by atoms with E-state index in [1.165, 1.54) is 10.9 Å². The maximum atomic E-state index is 12.0. The zero-order valence-electron chi connectivity index (χ0n) is 10.8. The Kier molecular flexibility index (Phi) is 3.66. The molecule has 0 bridgehead atoms. The second kappa shape index (κ2) is 5.23. The highest BCUT2D eigenvalue weighted by Crippen LogP contribution is 2.15. The number of hydrogen-bond acceptors (Lipinski definition) is 4. The van der Waals surface area contributed by atoms with E-state index in [0.29, 0.717) is 24.2 Å². The van der Waals surface area contributed by atoms with E-state index in [0.717, 1.165) is 5.57 Å². The van der Waals surface area contributed by atoms with Gasteiger partial charge in [-0.2, -0.15) is 5.10 Å². The number of aliphatic carboxylic acids is 1. The van der Waals surface area contributed by atoms with Crippen molar-refractivity contribution in [3.05, 3.63) is 29.1 Å². The van der Waals surface area contributed by atoms with Gasteiger partial charge in [0.05, 0.1) is 6.20 Å². The van der Waals surface area contributed by atoms with Crippen molar-refractivity contribution in [1.82, 2.24) is 20.4 Å². The highest BCUT2D eigenvalue weighted by atomic mass is 16.4. The maximum Gasteiger partial charge on any atom is 0.331 e. The summed E-state index contributed by atoms with van der Waals surface area (Å²) in [6.45, 7) is 3.07. The summed E-state index contributed by atoms with van der Waals surface area (Å²) in [5.41, 5.74) is 2.04. The summed E-state index contributed by atoms with van der Waals surface area (Å²) in [5, 5.41) is 18.7. The van der Waals surface area contributed by atoms with Crippen LogP contribution < -0.4 is 10.6 Å². The number of carbonyl (C=O) groups is 2. The van der Waals surface area contributed by atoms with Crippen LogP contribution >= 0.6 is 0 Å². The zero-order chi connectivity index (χ0) is 14.0. The van der Waals surface area contributed by atoms with E-state index in [2.05, 4.69) is 15.7 Å². The monoisotopic (exact) mass is 264 g/mol. The fourth-order valence-corrected chi connectivity index (χ4v) is 1.79. The van der Waals surface area contributed by atoms with Crippen LogP contribution in [-0.2, 0) is 16.6 Å². The predicted molar refractivity (Wildman–Crippen MR) is 67.3 cm³/mol. The summed E-state index contributed by atoms with van der Waals surface area (Å²) in [7, 11) is 1.69. The molecule has 0 spiro atoms. The number of amides is 1. The highest BCUT2D eigenvalue weighted by Gasteiger charge is 2.25. The molecule has 1 unspecified atom stereocenters. The molecule has 3 N–H and O–H groups in total. The third kappa shape index (κ3) is 2.82. The van der Waals surface area contributed by atoms with E-state index in [4.69, 9.17) is 0 Å². The van der Waals surface area contributed by atoms with E-state index in [1.807, 2.05) is 0 Å². The van der Waals surface area contributed by atoms with Gasteiger partial charge in [0, 0.05) is 37.5 Å². The molecule has 19 heavy (non-hydrogen) atoms. The first-order valence-electron chi connectivity index (χ1n) is 5.90. The zero-order valence-corrected chi connectivity index (χ0v) is 10.8. The van der Waals surface area contributed by atoms with Crippen LogP contribution in [0.4, 0.5) is 0 Å². The number of carboxylic acid groups (broad SMARTS) is 1. The van der Waals surface area contributed by atoms with Crippen LogP contribution in [0.1, 0.15) is 18.5 Å². The molecule has 1 aliphatic rings. The molecule has 7 nitrogen and oxygen atoms in total. The molecule has 0 saturated carbocycles. The van der Waals surface area contributed by atoms with Gasteiger partial charge < -0.3 is 15.7 Å². The van der Waals surface area contributed by atoms with Gasteiger partial charge >= 0.3 is 5.97 Å². The van der Waals surface area contributed by atoms with Gasteiger partial charge in [0.25, 0.3) is 0 Å². The van der Waals surface area contributed by atoms with Gasteiger partial charge in [-0.05, 0) is 12.5 Å². The van der Waals surface area contributed by atoms with Gasteiger partial charge in [-0.1, -0.05) is 0 Å². The summed E-state index contributed by atoms with van der Waals surface area (Å²) < 4.78 is 1.50. The Morgan fingerprint density at radius 3 is 2.63 bits per heavy atom. The minimum absolute atomic E-state index is 0.354. The Balaban J connectivity index is 2.13. The number of nitrogens with one attached hydrogen (secondary N) is 2. The fraction of sp³-hybridized carbons (Fsp3) is 0.417. The number of aromatic nitrogens is 2. The first kappa shape index (κ1) is 13.3. The molecule has 2 heterocycles. The smallest absolute Gasteiger partial charge is 0.331 e. The standard InChI is InChI=1S/C12H16N4O3/c1-7(8-3-13-4-8)11(17)15-10(12(18)19)9-5-14-16(2)6-9/h5-6,10,13H,3-4H2,1-2H3,(H,15,17)(H,18,19). The van der Waals surface area contributed by atoms with Crippen LogP contribution in [0.2, 0.25) is 0 Å². The lowest BCUT2D eigenvalue weighted by molar-refractivity contribution is -0.141. The summed E-state index contributed by atoms with van der Waals surface area (Å²) in [4.78, 5) is 23.2. The fourth-order valence-electron chi connectivity index (χ4n) is 1.79. The van der Waals surface area contributed by atoms with Crippen molar-refractivity contribution in [1.29, 1.82) is 0 Å². The van der Waals surface area contributed by atoms with Crippen molar-refractivity contribution in [2.45, 2.75) is 13.0 Å². The SMILES string of the molecule is CC(C(=O)NC(C(=O)O)c1cnn(C)c1)=C1CNC1. The van der Waals surface area contributed by atoms with Crippen LogP contribution in [0.25, 0.3) is 0 Å². The van der Waals surface area contributed by atoms with E-state index < -0.39 is 12.0 Å². The summed E-state index contributed by atoms with van der Waals surface area (Å²) in [6, 6.07) is -1.08. The molecule has 1 fully saturated rings. The van der Waals surface area contributed by atoms with Gasteiger partial charge in [-0.3, -0.25) is 9.48 Å². The normalized spacial score (nSPS) is 15.6. The second-order valence-corrected chi connectivity index (χ2v) is 4.52. The van der Waals surface area contributed by atoms with Crippen molar-refractivity contribution in [2.75, 3.05) is 13.1 Å². The van der Waals surface area contributed by atoms with Gasteiger partial charge in [0.2, 0.25) is 5.91 Å². The first-order chi connectivity index (χ1) is 8.99. The van der Waals surface area contributed by atoms with Gasteiger partial charge in [-0.25, -0.2) is 4.79 Å². The van der Waals surface area contributed by atoms with Crippen LogP contribution in [0.15, 0.2) is 23.5 Å². The molecule has 2 rings (SSSR count). The second-order valence-electron chi connectivity index (χ2n) is 4.52. The average Bonchev–Trinajstić information content (AvgIpc) is 2.69. The Bertz CT molecular complexity index is 541. The molecule has 1 amide bonds. The molecule has 102 valence electrons. The predicted octanol–water partition coefficient (Wildman–Crippen LogP) is -0.418. The quantitative estimate of drug-likeness (QED) is 0.642. The van der Waals surface area contributed by atoms with E-state index >= 15 is 0 Å². The maximum absolute atomic E-state index is 12.0. The van der Waals surface area contributed by atoms with E-state index in [1.54, 1.807) is 20.2 Å². The Morgan fingerprint density at radius 1 is 1.53 bits per heavy atom. The Labute approximate surface area is 110 Å². The summed E-state index contributed by atoms with van der Waals surface area (Å²) in [5.74, 6) is -1.46. The van der Waals surface area contributed by atoms with Crippen molar-refractivity contribution in [3.63, 3.8) is 0 Å². The van der Waals surface area contributed by atoms with Crippen molar-refractivity contribution >= 4 is 11.9 Å². The Hall–Kier alpha value is -2.15. The molecule has 1 aromatic rings. The number of hydrogen-bond donors (Lipinski definition) is 3. The number of carboxylic acids is 1. The first-order valence-corrected chi connectivity index (χ1v) is 5.90. The molecular formula is C12H16N4O3. The Morgan fingerprint density at radius 2 is 2.21 bits per heavy atom. The molecule has 1 aliphatic heterocycles. The molecule has 0 aromatic carbocycles. The summed E-state index contributed by atoms with van der Waals surface area (Å²) >= 11 is 0. The minimum Gasteiger partial charge on any atom is -0.479 e. The molecule has 0 radical (unpaired) electrons. The van der Waals surface area contributed by atoms with Gasteiger partial charge in [-0.15, -0.1) is 0 Å². The summed E-state index contributed by atoms with van der Waals surface area (Å²) in [6.07, 6.45) is 3.01. The highest BCUT2D eigenvalue weighted by molar-refractivity contribution is 5.96. The molecule has 1 saturated heterocycles. The lowest BCUT2D eigenvalue weighted by atomic mass is 10.0. The third-order valence-electron chi connectivity index (χ3n) is 3.13. The average molecular weight is 264 g/mol. The number of rotatable bonds is 4. The number of nitrogens with zero attached hydrogens (tertiary/aromatic N) is 2. The minimum atomic E-state index is -1.11. The molecule has 7 heteroatoms. The van der Waals surface area contributed by atoms with Crippen LogP contribution in [0.3, 0.4) is 0 Å². The third-order valence-corrected chi connectivity index (χ3v) is 3.13. The van der Waals surface area contributed by atoms with Crippen LogP contribution in [0, 0.1) is 0 Å². The number of aryl methyl sites for hydroxylation is 1. The van der Waals surface area contributed by atoms with Crippen LogP contribution in [0.5, 0.6) is 0 Å². The van der Waals surface area contributed by atoms with Crippen molar-refractivity contribution in [2.24, 2.45) is 7.05 Å². The van der Waals surface area contributed by atoms with E-state index in [9.17, 15) is 14.7 Å². The van der Waals surface area contributed by atoms with Crippen molar-refractivity contribution in [3.8, 4) is 0 Å². The molecule has 1 aromatic heterocycles. The van der Waals surface area contributed by atoms with Gasteiger partial charge in [0.15, 0.2) is 6.04 Å². The van der Waals surface area contributed by atoms with E-state index in [-0.39, 0.29) is 5.91 Å². The molecular weight excluding hydrogens is 248 g/mol. The lowest BCUT2D eigenvalue weighted by Gasteiger charge is -2.22. The largest absolute Gasteiger partial charge is 0.479 e. The van der Waals surface area contributed by atoms with Crippen LogP contribution in [-0.4, -0.2) is 39.9 Å². The topological polar surface area (TPSA) is 96.2 Å².